The molecule has 0 aliphatic carbocycles. The highest BCUT2D eigenvalue weighted by atomic mass is 32.1. The third-order valence-corrected chi connectivity index (χ3v) is 5.91. The number of amides is 2. The molecule has 0 unspecified atom stereocenters. The van der Waals surface area contributed by atoms with E-state index < -0.39 is 6.10 Å². The average Bonchev–Trinajstić information content (AvgIpc) is 3.38. The molecule has 0 spiro atoms. The summed E-state index contributed by atoms with van der Waals surface area (Å²) in [4.78, 5) is 15.4. The summed E-state index contributed by atoms with van der Waals surface area (Å²) >= 11 is 1.52. The first kappa shape index (κ1) is 17.4. The molecule has 2 N–H and O–H groups in total. The number of carbonyl (C=O) groups excluding carboxylic acids is 1. The number of aryl methyl sites for hydroxylation is 1. The molecule has 2 amide bonds. The minimum Gasteiger partial charge on any atom is -0.387 e. The van der Waals surface area contributed by atoms with E-state index in [1.165, 1.54) is 11.3 Å². The molecule has 0 saturated carbocycles. The van der Waals surface area contributed by atoms with Crippen LogP contribution in [0.2, 0.25) is 0 Å². The number of nitrogens with one attached hydrogen (secondary N) is 1. The Hall–Kier alpha value is -1.97. The number of hydrogen-bond acceptors (Lipinski definition) is 6. The van der Waals surface area contributed by atoms with Gasteiger partial charge in [-0.05, 0) is 17.9 Å². The van der Waals surface area contributed by atoms with E-state index in [-0.39, 0.29) is 12.1 Å². The molecular weight excluding hydrogens is 354 g/mol. The maximum Gasteiger partial charge on any atom is 0.318 e. The van der Waals surface area contributed by atoms with E-state index in [0.717, 1.165) is 35.9 Å². The van der Waals surface area contributed by atoms with Crippen molar-refractivity contribution in [1.29, 1.82) is 0 Å². The van der Waals surface area contributed by atoms with Crippen molar-refractivity contribution in [3.8, 4) is 0 Å². The summed E-state index contributed by atoms with van der Waals surface area (Å²) in [5, 5.41) is 23.7. The molecule has 140 valence electrons. The van der Waals surface area contributed by atoms with Gasteiger partial charge in [0.2, 0.25) is 0 Å². The largest absolute Gasteiger partial charge is 0.387 e. The maximum absolute atomic E-state index is 12.7. The molecule has 1 fully saturated rings. The van der Waals surface area contributed by atoms with Gasteiger partial charge in [0.05, 0.1) is 31.9 Å². The number of ether oxygens (including phenoxy) is 1. The Bertz CT molecular complexity index is 748. The fourth-order valence-electron chi connectivity index (χ4n) is 3.57. The minimum atomic E-state index is -0.586. The quantitative estimate of drug-likeness (QED) is 0.820. The normalized spacial score (nSPS) is 20.8. The van der Waals surface area contributed by atoms with Crippen LogP contribution >= 0.6 is 11.3 Å². The van der Waals surface area contributed by atoms with Crippen LogP contribution in [0.3, 0.4) is 0 Å². The zero-order chi connectivity index (χ0) is 17.9. The Labute approximate surface area is 155 Å². The van der Waals surface area contributed by atoms with Crippen LogP contribution < -0.4 is 5.32 Å². The van der Waals surface area contributed by atoms with E-state index in [4.69, 9.17) is 4.74 Å². The van der Waals surface area contributed by atoms with Gasteiger partial charge in [-0.2, -0.15) is 0 Å². The van der Waals surface area contributed by atoms with Crippen molar-refractivity contribution in [3.63, 3.8) is 0 Å². The van der Waals surface area contributed by atoms with Gasteiger partial charge in [-0.15, -0.1) is 21.5 Å². The Morgan fingerprint density at radius 1 is 1.46 bits per heavy atom. The molecule has 2 aromatic rings. The molecule has 2 aliphatic heterocycles. The summed E-state index contributed by atoms with van der Waals surface area (Å²) in [5.74, 6) is 1.80. The molecule has 2 aliphatic rings. The van der Waals surface area contributed by atoms with E-state index in [1.807, 2.05) is 17.5 Å². The van der Waals surface area contributed by atoms with Crippen molar-refractivity contribution >= 4 is 17.4 Å². The molecule has 0 radical (unpaired) electrons. The molecule has 0 aromatic carbocycles. The van der Waals surface area contributed by atoms with Crippen LogP contribution in [0.15, 0.2) is 17.5 Å². The zero-order valence-electron chi connectivity index (χ0n) is 14.5. The second kappa shape index (κ2) is 7.73. The molecular formula is C17H23N5O3S. The average molecular weight is 377 g/mol. The van der Waals surface area contributed by atoms with E-state index in [0.29, 0.717) is 32.7 Å². The van der Waals surface area contributed by atoms with Crippen molar-refractivity contribution in [2.75, 3.05) is 19.8 Å². The lowest BCUT2D eigenvalue weighted by molar-refractivity contribution is -0.00658. The van der Waals surface area contributed by atoms with Gasteiger partial charge in [0.15, 0.2) is 5.82 Å². The van der Waals surface area contributed by atoms with Crippen LogP contribution in [-0.2, 0) is 24.2 Å². The van der Waals surface area contributed by atoms with Gasteiger partial charge < -0.3 is 24.6 Å². The third kappa shape index (κ3) is 3.60. The Balaban J connectivity index is 1.36. The van der Waals surface area contributed by atoms with Crippen LogP contribution in [-0.4, -0.2) is 56.6 Å². The number of urea groups is 1. The molecule has 8 nitrogen and oxygen atoms in total. The standard InChI is InChI=1S/C17H23N5O3S/c23-13(14-3-2-8-26-14)9-12-11-25-7-6-21(12)17(24)18-10-16-20-19-15-4-1-5-22(15)16/h2-3,8,12-13,23H,1,4-7,9-11H2,(H,18,24)/t12-,13-/m0/s1. The first-order valence-electron chi connectivity index (χ1n) is 8.97. The first-order valence-corrected chi connectivity index (χ1v) is 9.85. The zero-order valence-corrected chi connectivity index (χ0v) is 15.3. The second-order valence-electron chi connectivity index (χ2n) is 6.64. The predicted molar refractivity (Wildman–Crippen MR) is 95.8 cm³/mol. The third-order valence-electron chi connectivity index (χ3n) is 4.94. The van der Waals surface area contributed by atoms with Crippen molar-refractivity contribution in [1.82, 2.24) is 25.0 Å². The Kier molecular flexibility index (Phi) is 5.18. The fraction of sp³-hybridized carbons (Fsp3) is 0.588. The number of aliphatic hydroxyl groups is 1. The van der Waals surface area contributed by atoms with E-state index in [2.05, 4.69) is 20.1 Å². The van der Waals surface area contributed by atoms with Crippen LogP contribution in [0.25, 0.3) is 0 Å². The maximum atomic E-state index is 12.7. The molecule has 1 saturated heterocycles. The predicted octanol–water partition coefficient (Wildman–Crippen LogP) is 1.32. The lowest BCUT2D eigenvalue weighted by atomic mass is 10.1. The number of rotatable bonds is 5. The number of fused-ring (bicyclic) bond motifs is 1. The van der Waals surface area contributed by atoms with Crippen LogP contribution in [0.5, 0.6) is 0 Å². The minimum absolute atomic E-state index is 0.146. The first-order chi connectivity index (χ1) is 12.7. The summed E-state index contributed by atoms with van der Waals surface area (Å²) in [5.41, 5.74) is 0. The van der Waals surface area contributed by atoms with E-state index >= 15 is 0 Å². The van der Waals surface area contributed by atoms with Crippen molar-refractivity contribution in [2.24, 2.45) is 0 Å². The van der Waals surface area contributed by atoms with Crippen LogP contribution in [0.1, 0.15) is 35.5 Å². The second-order valence-corrected chi connectivity index (χ2v) is 7.61. The number of hydrogen-bond donors (Lipinski definition) is 2. The van der Waals surface area contributed by atoms with Crippen LogP contribution in [0, 0.1) is 0 Å². The molecule has 4 heterocycles. The molecule has 9 heteroatoms. The summed E-state index contributed by atoms with van der Waals surface area (Å²) in [6.45, 7) is 2.76. The number of morpholine rings is 1. The van der Waals surface area contributed by atoms with Crippen molar-refractivity contribution in [3.05, 3.63) is 34.0 Å². The monoisotopic (exact) mass is 377 g/mol. The van der Waals surface area contributed by atoms with Gasteiger partial charge in [0, 0.05) is 30.8 Å². The molecule has 4 rings (SSSR count). The van der Waals surface area contributed by atoms with Crippen LogP contribution in [0.4, 0.5) is 4.79 Å². The Morgan fingerprint density at radius 3 is 3.23 bits per heavy atom. The highest BCUT2D eigenvalue weighted by Crippen LogP contribution is 2.26. The topological polar surface area (TPSA) is 92.5 Å². The summed E-state index contributed by atoms with van der Waals surface area (Å²) < 4.78 is 7.62. The summed E-state index contributed by atoms with van der Waals surface area (Å²) in [6, 6.07) is 3.54. The Morgan fingerprint density at radius 2 is 2.38 bits per heavy atom. The number of nitrogens with zero attached hydrogens (tertiary/aromatic N) is 4. The smallest absolute Gasteiger partial charge is 0.318 e. The van der Waals surface area contributed by atoms with Gasteiger partial charge in [-0.3, -0.25) is 0 Å². The molecule has 2 aromatic heterocycles. The van der Waals surface area contributed by atoms with Gasteiger partial charge in [0.25, 0.3) is 0 Å². The number of thiophene rings is 1. The molecule has 26 heavy (non-hydrogen) atoms. The SMILES string of the molecule is O=C(NCc1nnc2n1CCC2)N1CCOC[C@@H]1C[C@H](O)c1cccs1. The highest BCUT2D eigenvalue weighted by Gasteiger charge is 2.30. The summed E-state index contributed by atoms with van der Waals surface area (Å²) in [7, 11) is 0. The van der Waals surface area contributed by atoms with Crippen molar-refractivity contribution in [2.45, 2.75) is 44.5 Å². The lowest BCUT2D eigenvalue weighted by Crippen LogP contribution is -2.52. The van der Waals surface area contributed by atoms with Gasteiger partial charge in [0.1, 0.15) is 5.82 Å². The van der Waals surface area contributed by atoms with E-state index in [1.54, 1.807) is 4.90 Å². The number of aliphatic hydroxyl groups excluding tert-OH is 1. The molecule has 2 atom stereocenters. The van der Waals surface area contributed by atoms with Gasteiger partial charge in [-0.1, -0.05) is 6.07 Å². The molecule has 0 bridgehead atoms. The highest BCUT2D eigenvalue weighted by molar-refractivity contribution is 7.10. The lowest BCUT2D eigenvalue weighted by Gasteiger charge is -2.36. The van der Waals surface area contributed by atoms with Crippen molar-refractivity contribution < 1.29 is 14.6 Å². The summed E-state index contributed by atoms with van der Waals surface area (Å²) in [6.07, 6.45) is 1.91. The van der Waals surface area contributed by atoms with Gasteiger partial charge >= 0.3 is 6.03 Å². The van der Waals surface area contributed by atoms with Gasteiger partial charge in [-0.25, -0.2) is 4.79 Å². The number of carbonyl (C=O) groups is 1. The fourth-order valence-corrected chi connectivity index (χ4v) is 4.29. The number of aromatic nitrogens is 3. The van der Waals surface area contributed by atoms with E-state index in [9.17, 15) is 9.90 Å².